The number of piperazine rings is 1. The second-order valence-corrected chi connectivity index (χ2v) is 8.10. The Kier molecular flexibility index (Phi) is 5.93. The number of carbonyl (C=O) groups is 2. The Hall–Kier alpha value is -2.69. The van der Waals surface area contributed by atoms with Gasteiger partial charge in [-0.1, -0.05) is 37.6 Å². The quantitative estimate of drug-likeness (QED) is 0.757. The molecule has 2 heterocycles. The van der Waals surface area contributed by atoms with E-state index in [1.807, 2.05) is 34.1 Å². The zero-order valence-electron chi connectivity index (χ0n) is 17.1. The third-order valence-corrected chi connectivity index (χ3v) is 6.24. The van der Waals surface area contributed by atoms with E-state index in [1.54, 1.807) is 12.4 Å². The fourth-order valence-corrected chi connectivity index (χ4v) is 4.40. The maximum Gasteiger partial charge on any atom is 0.245 e. The van der Waals surface area contributed by atoms with Crippen LogP contribution < -0.4 is 0 Å². The SMILES string of the molecule is CCCN1CCN(C(=O)C2CCC2)C(Cc2ccccc2-c2ccncc2)C1=O. The summed E-state index contributed by atoms with van der Waals surface area (Å²) in [6.45, 7) is 4.14. The third kappa shape index (κ3) is 4.04. The molecule has 4 rings (SSSR count). The molecule has 5 nitrogen and oxygen atoms in total. The summed E-state index contributed by atoms with van der Waals surface area (Å²) >= 11 is 0. The van der Waals surface area contributed by atoms with Crippen LogP contribution in [0.2, 0.25) is 0 Å². The van der Waals surface area contributed by atoms with Gasteiger partial charge in [-0.05, 0) is 48.1 Å². The van der Waals surface area contributed by atoms with Gasteiger partial charge in [-0.3, -0.25) is 14.6 Å². The van der Waals surface area contributed by atoms with Gasteiger partial charge >= 0.3 is 0 Å². The van der Waals surface area contributed by atoms with Crippen LogP contribution in [-0.4, -0.2) is 52.3 Å². The molecule has 2 aromatic rings. The van der Waals surface area contributed by atoms with Crippen molar-refractivity contribution in [2.45, 2.75) is 45.1 Å². The molecule has 0 N–H and O–H groups in total. The molecule has 1 saturated heterocycles. The fraction of sp³-hybridized carbons (Fsp3) is 0.458. The Bertz CT molecular complexity index is 863. The predicted octanol–water partition coefficient (Wildman–Crippen LogP) is 3.54. The molecular weight excluding hydrogens is 362 g/mol. The largest absolute Gasteiger partial charge is 0.339 e. The lowest BCUT2D eigenvalue weighted by atomic mass is 9.83. The maximum absolute atomic E-state index is 13.3. The molecule has 0 radical (unpaired) electrons. The highest BCUT2D eigenvalue weighted by molar-refractivity contribution is 5.90. The second kappa shape index (κ2) is 8.76. The molecule has 2 aliphatic rings. The van der Waals surface area contributed by atoms with Gasteiger partial charge in [0, 0.05) is 44.4 Å². The van der Waals surface area contributed by atoms with Gasteiger partial charge < -0.3 is 9.80 Å². The van der Waals surface area contributed by atoms with Crippen LogP contribution >= 0.6 is 0 Å². The van der Waals surface area contributed by atoms with E-state index in [9.17, 15) is 9.59 Å². The minimum atomic E-state index is -0.411. The molecule has 1 saturated carbocycles. The zero-order chi connectivity index (χ0) is 20.2. The fourth-order valence-electron chi connectivity index (χ4n) is 4.40. The van der Waals surface area contributed by atoms with E-state index >= 15 is 0 Å². The minimum Gasteiger partial charge on any atom is -0.339 e. The monoisotopic (exact) mass is 391 g/mol. The van der Waals surface area contributed by atoms with Crippen LogP contribution in [0.15, 0.2) is 48.8 Å². The molecular formula is C24H29N3O2. The zero-order valence-corrected chi connectivity index (χ0v) is 17.1. The first-order chi connectivity index (χ1) is 14.2. The first-order valence-corrected chi connectivity index (χ1v) is 10.8. The lowest BCUT2D eigenvalue weighted by Gasteiger charge is -2.43. The summed E-state index contributed by atoms with van der Waals surface area (Å²) in [5, 5.41) is 0. The number of pyridine rings is 1. The number of benzene rings is 1. The highest BCUT2D eigenvalue weighted by Gasteiger charge is 2.40. The summed E-state index contributed by atoms with van der Waals surface area (Å²) in [6, 6.07) is 11.8. The molecule has 1 aromatic carbocycles. The summed E-state index contributed by atoms with van der Waals surface area (Å²) in [5.74, 6) is 0.376. The lowest BCUT2D eigenvalue weighted by molar-refractivity contribution is -0.155. The van der Waals surface area contributed by atoms with Crippen molar-refractivity contribution in [3.63, 3.8) is 0 Å². The summed E-state index contributed by atoms with van der Waals surface area (Å²) in [4.78, 5) is 34.4. The van der Waals surface area contributed by atoms with Crippen molar-refractivity contribution in [2.75, 3.05) is 19.6 Å². The normalized spacial score (nSPS) is 19.9. The highest BCUT2D eigenvalue weighted by atomic mass is 16.2. The van der Waals surface area contributed by atoms with Crippen molar-refractivity contribution < 1.29 is 9.59 Å². The summed E-state index contributed by atoms with van der Waals surface area (Å²) in [7, 11) is 0. The van der Waals surface area contributed by atoms with Gasteiger partial charge in [0.25, 0.3) is 0 Å². The molecule has 1 atom stereocenters. The third-order valence-electron chi connectivity index (χ3n) is 6.24. The molecule has 29 heavy (non-hydrogen) atoms. The standard InChI is InChI=1S/C24H29N3O2/c1-2-14-26-15-16-27(23(28)19-7-5-8-19)22(24(26)29)17-20-6-3-4-9-21(20)18-10-12-25-13-11-18/h3-4,6,9-13,19,22H,2,5,7-8,14-17H2,1H3. The van der Waals surface area contributed by atoms with E-state index in [1.165, 1.54) is 0 Å². The van der Waals surface area contributed by atoms with Crippen molar-refractivity contribution in [1.82, 2.24) is 14.8 Å². The van der Waals surface area contributed by atoms with E-state index in [-0.39, 0.29) is 17.7 Å². The van der Waals surface area contributed by atoms with Crippen molar-refractivity contribution in [3.05, 3.63) is 54.4 Å². The van der Waals surface area contributed by atoms with Gasteiger partial charge in [0.1, 0.15) is 6.04 Å². The van der Waals surface area contributed by atoms with Crippen molar-refractivity contribution in [2.24, 2.45) is 5.92 Å². The molecule has 2 amide bonds. The number of hydrogen-bond donors (Lipinski definition) is 0. The Labute approximate surface area is 172 Å². The minimum absolute atomic E-state index is 0.0929. The Balaban J connectivity index is 1.64. The number of hydrogen-bond acceptors (Lipinski definition) is 3. The van der Waals surface area contributed by atoms with Crippen LogP contribution in [0.3, 0.4) is 0 Å². The molecule has 152 valence electrons. The number of nitrogens with zero attached hydrogens (tertiary/aromatic N) is 3. The average Bonchev–Trinajstić information content (AvgIpc) is 2.71. The first-order valence-electron chi connectivity index (χ1n) is 10.8. The summed E-state index contributed by atoms with van der Waals surface area (Å²) in [5.41, 5.74) is 3.29. The first kappa shape index (κ1) is 19.6. The van der Waals surface area contributed by atoms with E-state index in [0.717, 1.165) is 48.9 Å². The Morgan fingerprint density at radius 2 is 1.86 bits per heavy atom. The van der Waals surface area contributed by atoms with Gasteiger partial charge in [-0.2, -0.15) is 0 Å². The summed E-state index contributed by atoms with van der Waals surface area (Å²) in [6.07, 6.45) is 8.10. The van der Waals surface area contributed by atoms with Gasteiger partial charge in [0.05, 0.1) is 0 Å². The topological polar surface area (TPSA) is 53.5 Å². The Morgan fingerprint density at radius 3 is 2.55 bits per heavy atom. The number of aromatic nitrogens is 1. The lowest BCUT2D eigenvalue weighted by Crippen LogP contribution is -2.61. The molecule has 1 aromatic heterocycles. The smallest absolute Gasteiger partial charge is 0.245 e. The predicted molar refractivity (Wildman–Crippen MR) is 113 cm³/mol. The van der Waals surface area contributed by atoms with E-state index in [4.69, 9.17) is 0 Å². The van der Waals surface area contributed by atoms with Crippen molar-refractivity contribution in [3.8, 4) is 11.1 Å². The van der Waals surface area contributed by atoms with Gasteiger partial charge in [-0.15, -0.1) is 0 Å². The van der Waals surface area contributed by atoms with Crippen LogP contribution in [-0.2, 0) is 16.0 Å². The van der Waals surface area contributed by atoms with Crippen LogP contribution in [0.1, 0.15) is 38.2 Å². The number of carbonyl (C=O) groups excluding carboxylic acids is 2. The van der Waals surface area contributed by atoms with Crippen LogP contribution in [0.4, 0.5) is 0 Å². The van der Waals surface area contributed by atoms with Gasteiger partial charge in [-0.25, -0.2) is 0 Å². The molecule has 1 unspecified atom stereocenters. The van der Waals surface area contributed by atoms with Crippen LogP contribution in [0.5, 0.6) is 0 Å². The Morgan fingerprint density at radius 1 is 1.10 bits per heavy atom. The van der Waals surface area contributed by atoms with E-state index in [2.05, 4.69) is 24.0 Å². The van der Waals surface area contributed by atoms with Gasteiger partial charge in [0.2, 0.25) is 11.8 Å². The molecule has 1 aliphatic heterocycles. The molecule has 0 spiro atoms. The van der Waals surface area contributed by atoms with E-state index in [0.29, 0.717) is 19.5 Å². The number of rotatable bonds is 6. The number of amides is 2. The summed E-state index contributed by atoms with van der Waals surface area (Å²) < 4.78 is 0. The second-order valence-electron chi connectivity index (χ2n) is 8.10. The molecule has 5 heteroatoms. The highest BCUT2D eigenvalue weighted by Crippen LogP contribution is 2.32. The van der Waals surface area contributed by atoms with Gasteiger partial charge in [0.15, 0.2) is 0 Å². The van der Waals surface area contributed by atoms with Crippen LogP contribution in [0, 0.1) is 5.92 Å². The molecule has 0 bridgehead atoms. The maximum atomic E-state index is 13.3. The molecule has 1 aliphatic carbocycles. The molecule has 2 fully saturated rings. The average molecular weight is 392 g/mol. The van der Waals surface area contributed by atoms with Crippen LogP contribution in [0.25, 0.3) is 11.1 Å². The van der Waals surface area contributed by atoms with E-state index < -0.39 is 6.04 Å². The van der Waals surface area contributed by atoms with Crippen molar-refractivity contribution >= 4 is 11.8 Å². The van der Waals surface area contributed by atoms with Crippen molar-refractivity contribution in [1.29, 1.82) is 0 Å².